The van der Waals surface area contributed by atoms with E-state index in [9.17, 15) is 20.0 Å². The van der Waals surface area contributed by atoms with Crippen molar-refractivity contribution in [2.45, 2.75) is 13.0 Å². The Hall–Kier alpha value is -1.74. The third kappa shape index (κ3) is 3.14. The van der Waals surface area contributed by atoms with E-state index in [1.807, 2.05) is 0 Å². The molecule has 0 fully saturated rings. The van der Waals surface area contributed by atoms with E-state index >= 15 is 0 Å². The molecule has 98 valence electrons. The van der Waals surface area contributed by atoms with Crippen LogP contribution in [0.1, 0.15) is 5.56 Å². The van der Waals surface area contributed by atoms with Gasteiger partial charge in [-0.1, -0.05) is 0 Å². The summed E-state index contributed by atoms with van der Waals surface area (Å²) in [5.74, 6) is -0.573. The van der Waals surface area contributed by atoms with E-state index < -0.39 is 16.9 Å². The fraction of sp³-hybridized carbons (Fsp3) is 0.333. The molecule has 9 heteroatoms. The van der Waals surface area contributed by atoms with Gasteiger partial charge in [0.05, 0.1) is 15.9 Å². The van der Waals surface area contributed by atoms with Crippen molar-refractivity contribution < 1.29 is 14.8 Å². The Morgan fingerprint density at radius 2 is 2.39 bits per heavy atom. The van der Waals surface area contributed by atoms with Crippen molar-refractivity contribution in [3.8, 4) is 0 Å². The molecule has 0 saturated heterocycles. The molecule has 1 amide bonds. The van der Waals surface area contributed by atoms with Crippen LogP contribution in [0, 0.1) is 17.0 Å². The van der Waals surface area contributed by atoms with Crippen molar-refractivity contribution in [1.82, 2.24) is 4.98 Å². The highest BCUT2D eigenvalue weighted by atomic mass is 79.9. The van der Waals surface area contributed by atoms with Crippen LogP contribution in [0.25, 0.3) is 0 Å². The highest BCUT2D eigenvalue weighted by Gasteiger charge is 2.18. The zero-order valence-corrected chi connectivity index (χ0v) is 11.0. The van der Waals surface area contributed by atoms with Crippen LogP contribution in [0.2, 0.25) is 0 Å². The molecule has 0 aliphatic carbocycles. The number of amides is 1. The highest BCUT2D eigenvalue weighted by molar-refractivity contribution is 9.10. The summed E-state index contributed by atoms with van der Waals surface area (Å²) in [7, 11) is 0. The summed E-state index contributed by atoms with van der Waals surface area (Å²) in [5, 5.41) is 22.5. The Bertz CT molecular complexity index is 494. The standard InChI is InChI=1S/C9H11BrN4O4/c1-4-5(14(17)18)2-12-9(7(4)10)13-3-6(15)8(11)16/h2,6,15H,3H2,1H3,(H2,11,16)(H,12,13). The molecular weight excluding hydrogens is 308 g/mol. The topological polar surface area (TPSA) is 131 Å². The maximum Gasteiger partial charge on any atom is 0.291 e. The van der Waals surface area contributed by atoms with E-state index in [1.54, 1.807) is 6.92 Å². The minimum absolute atomic E-state index is 0.122. The number of carbonyl (C=O) groups is 1. The minimum atomic E-state index is -1.35. The van der Waals surface area contributed by atoms with E-state index in [2.05, 4.69) is 26.2 Å². The molecule has 1 rings (SSSR count). The van der Waals surface area contributed by atoms with Gasteiger partial charge in [-0.2, -0.15) is 0 Å². The fourth-order valence-corrected chi connectivity index (χ4v) is 1.62. The van der Waals surface area contributed by atoms with Crippen LogP contribution in [0.4, 0.5) is 11.5 Å². The van der Waals surface area contributed by atoms with Gasteiger partial charge in [0.15, 0.2) is 0 Å². The number of carbonyl (C=O) groups excluding carboxylic acids is 1. The molecule has 4 N–H and O–H groups in total. The van der Waals surface area contributed by atoms with Crippen molar-refractivity contribution in [3.63, 3.8) is 0 Å². The zero-order chi connectivity index (χ0) is 13.9. The van der Waals surface area contributed by atoms with Gasteiger partial charge in [-0.25, -0.2) is 4.98 Å². The number of aliphatic hydroxyl groups is 1. The summed E-state index contributed by atoms with van der Waals surface area (Å²) >= 11 is 3.16. The molecule has 8 nitrogen and oxygen atoms in total. The minimum Gasteiger partial charge on any atom is -0.381 e. The predicted molar refractivity (Wildman–Crippen MR) is 67.0 cm³/mol. The number of anilines is 1. The Morgan fingerprint density at radius 3 is 2.89 bits per heavy atom. The SMILES string of the molecule is Cc1c([N+](=O)[O-])cnc(NCC(O)C(N)=O)c1Br. The smallest absolute Gasteiger partial charge is 0.291 e. The van der Waals surface area contributed by atoms with Gasteiger partial charge in [-0.05, 0) is 22.9 Å². The van der Waals surface area contributed by atoms with Gasteiger partial charge in [-0.3, -0.25) is 14.9 Å². The number of aromatic nitrogens is 1. The summed E-state index contributed by atoms with van der Waals surface area (Å²) < 4.78 is 0.397. The van der Waals surface area contributed by atoms with Crippen LogP contribution < -0.4 is 11.1 Å². The van der Waals surface area contributed by atoms with Gasteiger partial charge in [0.1, 0.15) is 18.1 Å². The number of nitrogens with one attached hydrogen (secondary N) is 1. The molecule has 0 aromatic carbocycles. The molecular formula is C9H11BrN4O4. The number of halogens is 1. The van der Waals surface area contributed by atoms with Gasteiger partial charge in [0.2, 0.25) is 5.91 Å². The molecule has 1 aromatic rings. The summed E-state index contributed by atoms with van der Waals surface area (Å²) in [5.41, 5.74) is 5.15. The second kappa shape index (κ2) is 5.74. The number of hydrogen-bond donors (Lipinski definition) is 3. The maximum atomic E-state index is 10.7. The Labute approximate surface area is 110 Å². The molecule has 1 unspecified atom stereocenters. The molecule has 1 atom stereocenters. The van der Waals surface area contributed by atoms with E-state index in [1.165, 1.54) is 0 Å². The van der Waals surface area contributed by atoms with Crippen molar-refractivity contribution in [2.24, 2.45) is 5.73 Å². The molecule has 0 bridgehead atoms. The van der Waals surface area contributed by atoms with Crippen molar-refractivity contribution in [3.05, 3.63) is 26.3 Å². The first-order valence-corrected chi connectivity index (χ1v) is 5.64. The first kappa shape index (κ1) is 14.3. The Morgan fingerprint density at radius 1 is 1.78 bits per heavy atom. The number of rotatable bonds is 5. The second-order valence-electron chi connectivity index (χ2n) is 3.49. The van der Waals surface area contributed by atoms with Crippen molar-refractivity contribution in [1.29, 1.82) is 0 Å². The lowest BCUT2D eigenvalue weighted by Crippen LogP contribution is -2.34. The lowest BCUT2D eigenvalue weighted by atomic mass is 10.2. The average Bonchev–Trinajstić information content (AvgIpc) is 2.30. The maximum absolute atomic E-state index is 10.7. The molecule has 18 heavy (non-hydrogen) atoms. The third-order valence-electron chi connectivity index (χ3n) is 2.23. The number of pyridine rings is 1. The van der Waals surface area contributed by atoms with E-state index in [4.69, 9.17) is 5.73 Å². The lowest BCUT2D eigenvalue weighted by molar-refractivity contribution is -0.385. The second-order valence-corrected chi connectivity index (χ2v) is 4.28. The van der Waals surface area contributed by atoms with Gasteiger partial charge < -0.3 is 16.2 Å². The Balaban J connectivity index is 2.89. The van der Waals surface area contributed by atoms with Gasteiger partial charge in [0.25, 0.3) is 5.69 Å². The van der Waals surface area contributed by atoms with E-state index in [0.717, 1.165) is 6.20 Å². The summed E-state index contributed by atoms with van der Waals surface area (Å²) in [6, 6.07) is 0. The van der Waals surface area contributed by atoms with Crippen LogP contribution in [0.5, 0.6) is 0 Å². The largest absolute Gasteiger partial charge is 0.381 e. The Kier molecular flexibility index (Phi) is 4.56. The average molecular weight is 319 g/mol. The highest BCUT2D eigenvalue weighted by Crippen LogP contribution is 2.30. The monoisotopic (exact) mass is 318 g/mol. The van der Waals surface area contributed by atoms with Crippen molar-refractivity contribution >= 4 is 33.3 Å². The molecule has 0 saturated carbocycles. The molecule has 1 heterocycles. The molecule has 0 spiro atoms. The van der Waals surface area contributed by atoms with Crippen LogP contribution >= 0.6 is 15.9 Å². The summed E-state index contributed by atoms with van der Waals surface area (Å²) in [6.07, 6.45) is -0.256. The normalized spacial score (nSPS) is 11.9. The number of aliphatic hydroxyl groups excluding tert-OH is 1. The summed E-state index contributed by atoms with van der Waals surface area (Å²) in [6.45, 7) is 1.43. The van der Waals surface area contributed by atoms with Crippen LogP contribution in [-0.2, 0) is 4.79 Å². The van der Waals surface area contributed by atoms with Gasteiger partial charge in [0, 0.05) is 5.56 Å². The van der Waals surface area contributed by atoms with Gasteiger partial charge in [-0.15, -0.1) is 0 Å². The van der Waals surface area contributed by atoms with Gasteiger partial charge >= 0.3 is 0 Å². The predicted octanol–water partition coefficient (Wildman–Crippen LogP) is 0.319. The molecule has 0 aliphatic heterocycles. The zero-order valence-electron chi connectivity index (χ0n) is 9.38. The molecule has 0 radical (unpaired) electrons. The summed E-state index contributed by atoms with van der Waals surface area (Å²) in [4.78, 5) is 24.6. The first-order valence-electron chi connectivity index (χ1n) is 4.85. The first-order chi connectivity index (χ1) is 8.34. The quantitative estimate of drug-likeness (QED) is 0.529. The lowest BCUT2D eigenvalue weighted by Gasteiger charge is -2.11. The molecule has 1 aromatic heterocycles. The molecule has 0 aliphatic rings. The van der Waals surface area contributed by atoms with Crippen LogP contribution in [0.3, 0.4) is 0 Å². The number of hydrogen-bond acceptors (Lipinski definition) is 6. The fourth-order valence-electron chi connectivity index (χ4n) is 1.17. The number of nitro groups is 1. The number of primary amides is 1. The van der Waals surface area contributed by atoms with Crippen LogP contribution in [0.15, 0.2) is 10.7 Å². The van der Waals surface area contributed by atoms with Crippen LogP contribution in [-0.4, -0.2) is 33.6 Å². The van der Waals surface area contributed by atoms with Crippen molar-refractivity contribution in [2.75, 3.05) is 11.9 Å². The van der Waals surface area contributed by atoms with E-state index in [-0.39, 0.29) is 12.2 Å². The number of nitrogens with zero attached hydrogens (tertiary/aromatic N) is 2. The third-order valence-corrected chi connectivity index (χ3v) is 3.20. The number of nitrogens with two attached hydrogens (primary N) is 1. The van der Waals surface area contributed by atoms with E-state index in [0.29, 0.717) is 15.9 Å².